The molecule has 2 N–H and O–H groups in total. The minimum Gasteiger partial charge on any atom is -0.497 e. The molecule has 0 radical (unpaired) electrons. The van der Waals surface area contributed by atoms with E-state index in [9.17, 15) is 0 Å². The van der Waals surface area contributed by atoms with Crippen molar-refractivity contribution in [2.24, 2.45) is 5.73 Å². The van der Waals surface area contributed by atoms with Gasteiger partial charge in [-0.3, -0.25) is 0 Å². The van der Waals surface area contributed by atoms with Crippen molar-refractivity contribution >= 4 is 11.3 Å². The van der Waals surface area contributed by atoms with Crippen LogP contribution in [-0.2, 0) is 11.3 Å². The molecule has 1 heterocycles. The molecule has 4 nitrogen and oxygen atoms in total. The lowest BCUT2D eigenvalue weighted by Crippen LogP contribution is -2.16. The van der Waals surface area contributed by atoms with Crippen LogP contribution in [0.15, 0.2) is 60.0 Å². The van der Waals surface area contributed by atoms with Crippen molar-refractivity contribution in [3.8, 4) is 17.0 Å². The SMILES string of the molecule is COc1cccc(-c2csc(C(N)COCc3ccccc3)n2)c1. The third-order valence-electron chi connectivity index (χ3n) is 3.61. The first-order chi connectivity index (χ1) is 11.8. The summed E-state index contributed by atoms with van der Waals surface area (Å²) in [5.41, 5.74) is 9.28. The Balaban J connectivity index is 1.60. The van der Waals surface area contributed by atoms with Gasteiger partial charge in [0.05, 0.1) is 32.1 Å². The van der Waals surface area contributed by atoms with Gasteiger partial charge in [0.2, 0.25) is 0 Å². The molecular formula is C19H20N2O2S. The van der Waals surface area contributed by atoms with Gasteiger partial charge in [0.25, 0.3) is 0 Å². The second-order valence-corrected chi connectivity index (χ2v) is 6.30. The van der Waals surface area contributed by atoms with Gasteiger partial charge in [-0.15, -0.1) is 11.3 Å². The Labute approximate surface area is 145 Å². The summed E-state index contributed by atoms with van der Waals surface area (Å²) in [7, 11) is 1.66. The van der Waals surface area contributed by atoms with Crippen LogP contribution in [0.5, 0.6) is 5.75 Å². The van der Waals surface area contributed by atoms with Crippen LogP contribution >= 0.6 is 11.3 Å². The van der Waals surface area contributed by atoms with Crippen LogP contribution in [0.2, 0.25) is 0 Å². The average Bonchev–Trinajstić information content (AvgIpc) is 3.13. The van der Waals surface area contributed by atoms with Crippen molar-refractivity contribution in [2.45, 2.75) is 12.6 Å². The second kappa shape index (κ2) is 8.06. The van der Waals surface area contributed by atoms with E-state index in [4.69, 9.17) is 15.2 Å². The van der Waals surface area contributed by atoms with Crippen molar-refractivity contribution < 1.29 is 9.47 Å². The number of hydrogen-bond donors (Lipinski definition) is 1. The first-order valence-corrected chi connectivity index (χ1v) is 8.61. The van der Waals surface area contributed by atoms with Gasteiger partial charge >= 0.3 is 0 Å². The Morgan fingerprint density at radius 1 is 1.12 bits per heavy atom. The largest absolute Gasteiger partial charge is 0.497 e. The average molecular weight is 340 g/mol. The molecule has 2 aromatic carbocycles. The van der Waals surface area contributed by atoms with Crippen LogP contribution < -0.4 is 10.5 Å². The van der Waals surface area contributed by atoms with Gasteiger partial charge in [-0.2, -0.15) is 0 Å². The minimum atomic E-state index is -0.224. The number of hydrogen-bond acceptors (Lipinski definition) is 5. The maximum atomic E-state index is 6.20. The van der Waals surface area contributed by atoms with Crippen molar-refractivity contribution in [1.82, 2.24) is 4.98 Å². The van der Waals surface area contributed by atoms with Gasteiger partial charge in [0, 0.05) is 10.9 Å². The molecule has 0 spiro atoms. The standard InChI is InChI=1S/C19H20N2O2S/c1-22-16-9-5-8-15(10-16)18-13-24-19(21-18)17(20)12-23-11-14-6-3-2-4-7-14/h2-10,13,17H,11-12,20H2,1H3. The summed E-state index contributed by atoms with van der Waals surface area (Å²) in [6.45, 7) is 1.00. The van der Waals surface area contributed by atoms with Gasteiger partial charge < -0.3 is 15.2 Å². The molecular weight excluding hydrogens is 320 g/mol. The lowest BCUT2D eigenvalue weighted by atomic mass is 10.1. The van der Waals surface area contributed by atoms with E-state index in [1.54, 1.807) is 18.4 Å². The molecule has 0 saturated heterocycles. The minimum absolute atomic E-state index is 0.224. The third-order valence-corrected chi connectivity index (χ3v) is 4.59. The van der Waals surface area contributed by atoms with Crippen molar-refractivity contribution in [3.63, 3.8) is 0 Å². The Bertz CT molecular complexity index is 774. The Morgan fingerprint density at radius 2 is 1.96 bits per heavy atom. The highest BCUT2D eigenvalue weighted by Gasteiger charge is 2.12. The highest BCUT2D eigenvalue weighted by atomic mass is 32.1. The molecule has 0 bridgehead atoms. The Hall–Kier alpha value is -2.21. The van der Waals surface area contributed by atoms with Crippen molar-refractivity contribution in [3.05, 3.63) is 70.5 Å². The fourth-order valence-electron chi connectivity index (χ4n) is 2.32. The topological polar surface area (TPSA) is 57.4 Å². The molecule has 24 heavy (non-hydrogen) atoms. The number of nitrogens with two attached hydrogens (primary N) is 1. The summed E-state index contributed by atoms with van der Waals surface area (Å²) in [6.07, 6.45) is 0. The van der Waals surface area contributed by atoms with E-state index >= 15 is 0 Å². The number of thiazole rings is 1. The molecule has 3 aromatic rings. The molecule has 0 amide bonds. The zero-order valence-electron chi connectivity index (χ0n) is 13.5. The zero-order chi connectivity index (χ0) is 16.8. The zero-order valence-corrected chi connectivity index (χ0v) is 14.3. The third kappa shape index (κ3) is 4.20. The van der Waals surface area contributed by atoms with Crippen LogP contribution in [0, 0.1) is 0 Å². The van der Waals surface area contributed by atoms with Gasteiger partial charge in [-0.05, 0) is 17.7 Å². The first-order valence-electron chi connectivity index (χ1n) is 7.73. The van der Waals surface area contributed by atoms with E-state index in [1.165, 1.54) is 0 Å². The fourth-order valence-corrected chi connectivity index (χ4v) is 3.14. The van der Waals surface area contributed by atoms with Crippen molar-refractivity contribution in [1.29, 1.82) is 0 Å². The Morgan fingerprint density at radius 3 is 2.75 bits per heavy atom. The van der Waals surface area contributed by atoms with Crippen LogP contribution in [0.3, 0.4) is 0 Å². The van der Waals surface area contributed by atoms with Gasteiger partial charge in [0.15, 0.2) is 0 Å². The molecule has 0 aliphatic rings. The summed E-state index contributed by atoms with van der Waals surface area (Å²) in [5.74, 6) is 0.817. The molecule has 0 saturated carbocycles. The van der Waals surface area contributed by atoms with Crippen molar-refractivity contribution in [2.75, 3.05) is 13.7 Å². The number of nitrogens with zero attached hydrogens (tertiary/aromatic N) is 1. The van der Waals surface area contributed by atoms with E-state index in [1.807, 2.05) is 60.0 Å². The first kappa shape index (κ1) is 16.6. The highest BCUT2D eigenvalue weighted by Crippen LogP contribution is 2.27. The van der Waals surface area contributed by atoms with Crippen LogP contribution in [0.25, 0.3) is 11.3 Å². The van der Waals surface area contributed by atoms with E-state index < -0.39 is 0 Å². The highest BCUT2D eigenvalue weighted by molar-refractivity contribution is 7.10. The summed E-state index contributed by atoms with van der Waals surface area (Å²) < 4.78 is 11.0. The summed E-state index contributed by atoms with van der Waals surface area (Å²) in [6, 6.07) is 17.7. The maximum Gasteiger partial charge on any atom is 0.119 e. The summed E-state index contributed by atoms with van der Waals surface area (Å²) >= 11 is 1.56. The number of benzene rings is 2. The summed E-state index contributed by atoms with van der Waals surface area (Å²) in [5, 5.41) is 2.89. The molecule has 1 atom stereocenters. The monoisotopic (exact) mass is 340 g/mol. The molecule has 124 valence electrons. The molecule has 0 fully saturated rings. The van der Waals surface area contributed by atoms with E-state index in [0.717, 1.165) is 27.6 Å². The predicted molar refractivity (Wildman–Crippen MR) is 97.1 cm³/mol. The lowest BCUT2D eigenvalue weighted by molar-refractivity contribution is 0.108. The normalized spacial score (nSPS) is 12.1. The number of ether oxygens (including phenoxy) is 2. The van der Waals surface area contributed by atoms with Gasteiger partial charge in [-0.25, -0.2) is 4.98 Å². The lowest BCUT2D eigenvalue weighted by Gasteiger charge is -2.09. The maximum absolute atomic E-state index is 6.20. The smallest absolute Gasteiger partial charge is 0.119 e. The molecule has 0 aliphatic carbocycles. The second-order valence-electron chi connectivity index (χ2n) is 5.41. The number of aromatic nitrogens is 1. The number of methoxy groups -OCH3 is 1. The van der Waals surface area contributed by atoms with Gasteiger partial charge in [0.1, 0.15) is 10.8 Å². The fraction of sp³-hybridized carbons (Fsp3) is 0.211. The number of rotatable bonds is 7. The predicted octanol–water partition coefficient (Wildman–Crippen LogP) is 4.04. The van der Waals surface area contributed by atoms with E-state index in [0.29, 0.717) is 13.2 Å². The van der Waals surface area contributed by atoms with E-state index in [-0.39, 0.29) is 6.04 Å². The van der Waals surface area contributed by atoms with Crippen LogP contribution in [-0.4, -0.2) is 18.7 Å². The summed E-state index contributed by atoms with van der Waals surface area (Å²) in [4.78, 5) is 4.64. The molecule has 3 rings (SSSR count). The Kier molecular flexibility index (Phi) is 5.59. The van der Waals surface area contributed by atoms with Crippen LogP contribution in [0.4, 0.5) is 0 Å². The van der Waals surface area contributed by atoms with Crippen LogP contribution in [0.1, 0.15) is 16.6 Å². The quantitative estimate of drug-likeness (QED) is 0.705. The molecule has 1 aromatic heterocycles. The van der Waals surface area contributed by atoms with Gasteiger partial charge in [-0.1, -0.05) is 42.5 Å². The molecule has 1 unspecified atom stereocenters. The molecule has 0 aliphatic heterocycles. The van der Waals surface area contributed by atoms with E-state index in [2.05, 4.69) is 4.98 Å². The molecule has 5 heteroatoms.